The quantitative estimate of drug-likeness (QED) is 0.327. The van der Waals surface area contributed by atoms with E-state index in [1.54, 1.807) is 21.3 Å². The monoisotopic (exact) mass is 458 g/mol. The minimum absolute atomic E-state index is 0.431. The maximum absolute atomic E-state index is 6.09. The molecular formula is C28H30N2O4. The van der Waals surface area contributed by atoms with Gasteiger partial charge in [-0.1, -0.05) is 42.5 Å². The summed E-state index contributed by atoms with van der Waals surface area (Å²) in [6, 6.07) is 22.1. The van der Waals surface area contributed by atoms with Crippen molar-refractivity contribution in [3.8, 4) is 23.0 Å². The van der Waals surface area contributed by atoms with Gasteiger partial charge in [-0.25, -0.2) is 4.98 Å². The molecule has 1 aromatic heterocycles. The lowest BCUT2D eigenvalue weighted by atomic mass is 10.0. The van der Waals surface area contributed by atoms with Crippen LogP contribution in [0.3, 0.4) is 0 Å². The predicted molar refractivity (Wildman–Crippen MR) is 132 cm³/mol. The van der Waals surface area contributed by atoms with Crippen molar-refractivity contribution in [3.63, 3.8) is 0 Å². The predicted octanol–water partition coefficient (Wildman–Crippen LogP) is 5.21. The van der Waals surface area contributed by atoms with Crippen LogP contribution >= 0.6 is 0 Å². The van der Waals surface area contributed by atoms with E-state index >= 15 is 0 Å². The molecule has 0 radical (unpaired) electrons. The first-order valence-corrected chi connectivity index (χ1v) is 11.1. The Morgan fingerprint density at radius 2 is 1.41 bits per heavy atom. The third-order valence-electron chi connectivity index (χ3n) is 5.79. The molecule has 0 fully saturated rings. The van der Waals surface area contributed by atoms with Gasteiger partial charge in [0.1, 0.15) is 12.4 Å². The van der Waals surface area contributed by atoms with E-state index in [2.05, 4.69) is 21.7 Å². The molecule has 176 valence electrons. The zero-order valence-corrected chi connectivity index (χ0v) is 20.1. The van der Waals surface area contributed by atoms with Crippen molar-refractivity contribution in [1.29, 1.82) is 0 Å². The number of ether oxygens (including phenoxy) is 4. The highest BCUT2D eigenvalue weighted by Crippen LogP contribution is 2.39. The van der Waals surface area contributed by atoms with E-state index < -0.39 is 0 Å². The lowest BCUT2D eigenvalue weighted by Crippen LogP contribution is -2.04. The first kappa shape index (κ1) is 23.2. The van der Waals surface area contributed by atoms with Crippen LogP contribution in [0.5, 0.6) is 23.0 Å². The van der Waals surface area contributed by atoms with E-state index in [-0.39, 0.29) is 0 Å². The summed E-state index contributed by atoms with van der Waals surface area (Å²) in [4.78, 5) is 4.66. The Kier molecular flexibility index (Phi) is 7.38. The minimum Gasteiger partial charge on any atom is -0.497 e. The van der Waals surface area contributed by atoms with Crippen molar-refractivity contribution in [2.45, 2.75) is 19.4 Å². The summed E-state index contributed by atoms with van der Waals surface area (Å²) >= 11 is 0. The molecule has 0 atom stereocenters. The Hall–Kier alpha value is -3.93. The first-order chi connectivity index (χ1) is 16.6. The summed E-state index contributed by atoms with van der Waals surface area (Å²) in [5.74, 6) is 2.73. The normalized spacial score (nSPS) is 10.7. The zero-order valence-electron chi connectivity index (χ0n) is 20.1. The molecular weight excluding hydrogens is 428 g/mol. The molecule has 0 aliphatic rings. The number of imidazole rings is 1. The Morgan fingerprint density at radius 1 is 0.735 bits per heavy atom. The highest BCUT2D eigenvalue weighted by Gasteiger charge is 2.17. The number of benzene rings is 3. The van der Waals surface area contributed by atoms with Gasteiger partial charge in [-0.2, -0.15) is 0 Å². The Balaban J connectivity index is 1.57. The number of hydrogen-bond donors (Lipinski definition) is 0. The van der Waals surface area contributed by atoms with Crippen LogP contribution in [0.1, 0.15) is 28.1 Å². The minimum atomic E-state index is 0.431. The molecule has 0 saturated heterocycles. The molecule has 4 rings (SSSR count). The van der Waals surface area contributed by atoms with E-state index in [0.717, 1.165) is 34.7 Å². The second-order valence-electron chi connectivity index (χ2n) is 8.05. The van der Waals surface area contributed by atoms with Crippen LogP contribution in [-0.4, -0.2) is 30.9 Å². The van der Waals surface area contributed by atoms with Gasteiger partial charge in [0, 0.05) is 25.6 Å². The van der Waals surface area contributed by atoms with Gasteiger partial charge in [0.25, 0.3) is 0 Å². The number of methoxy groups -OCH3 is 3. The average molecular weight is 459 g/mol. The van der Waals surface area contributed by atoms with Crippen molar-refractivity contribution in [2.75, 3.05) is 21.3 Å². The second kappa shape index (κ2) is 10.8. The van der Waals surface area contributed by atoms with E-state index in [1.807, 2.05) is 68.0 Å². The smallest absolute Gasteiger partial charge is 0.203 e. The highest BCUT2D eigenvalue weighted by atomic mass is 16.5. The van der Waals surface area contributed by atoms with Crippen molar-refractivity contribution in [1.82, 2.24) is 9.55 Å². The number of aromatic nitrogens is 2. The van der Waals surface area contributed by atoms with Gasteiger partial charge < -0.3 is 23.5 Å². The molecule has 0 bridgehead atoms. The van der Waals surface area contributed by atoms with Gasteiger partial charge in [0.15, 0.2) is 11.5 Å². The maximum atomic E-state index is 6.09. The number of nitrogens with zero attached hydrogens (tertiary/aromatic N) is 2. The number of rotatable bonds is 10. The molecule has 6 heteroatoms. The van der Waals surface area contributed by atoms with Crippen LogP contribution in [0.2, 0.25) is 0 Å². The zero-order chi connectivity index (χ0) is 23.9. The molecule has 0 aliphatic carbocycles. The molecule has 0 aliphatic heterocycles. The van der Waals surface area contributed by atoms with Crippen molar-refractivity contribution in [3.05, 3.63) is 101 Å². The molecule has 34 heavy (non-hydrogen) atoms. The van der Waals surface area contributed by atoms with E-state index in [4.69, 9.17) is 18.9 Å². The van der Waals surface area contributed by atoms with Crippen LogP contribution in [0.4, 0.5) is 0 Å². The SMILES string of the molecule is COc1ccc(Cc2ncn(C)c2Cc2cc(OC)c(OCc3ccccc3)c(OC)c2)cc1. The van der Waals surface area contributed by atoms with Crippen molar-refractivity contribution >= 4 is 0 Å². The molecule has 1 heterocycles. The first-order valence-electron chi connectivity index (χ1n) is 11.1. The topological polar surface area (TPSA) is 54.7 Å². The fourth-order valence-electron chi connectivity index (χ4n) is 3.92. The number of hydrogen-bond acceptors (Lipinski definition) is 5. The van der Waals surface area contributed by atoms with E-state index in [1.165, 1.54) is 5.56 Å². The van der Waals surface area contributed by atoms with Gasteiger partial charge in [-0.3, -0.25) is 0 Å². The number of aryl methyl sites for hydroxylation is 1. The Labute approximate surface area is 200 Å². The van der Waals surface area contributed by atoms with Gasteiger partial charge in [-0.05, 0) is 41.0 Å². The largest absolute Gasteiger partial charge is 0.497 e. The summed E-state index contributed by atoms with van der Waals surface area (Å²) in [5.41, 5.74) is 5.49. The standard InChI is InChI=1S/C28H30N2O4/c1-30-19-29-24(14-20-10-12-23(31-2)13-11-20)25(30)15-22-16-26(32-3)28(27(17-22)33-4)34-18-21-8-6-5-7-9-21/h5-13,16-17,19H,14-15,18H2,1-4H3. The van der Waals surface area contributed by atoms with Gasteiger partial charge in [0.05, 0.1) is 33.4 Å². The molecule has 0 saturated carbocycles. The van der Waals surface area contributed by atoms with Gasteiger partial charge in [-0.15, -0.1) is 0 Å². The summed E-state index contributed by atoms with van der Waals surface area (Å²) in [7, 11) is 6.98. The van der Waals surface area contributed by atoms with E-state index in [0.29, 0.717) is 30.3 Å². The van der Waals surface area contributed by atoms with Gasteiger partial charge in [0.2, 0.25) is 5.75 Å². The molecule has 0 amide bonds. The lowest BCUT2D eigenvalue weighted by Gasteiger charge is -2.17. The van der Waals surface area contributed by atoms with Crippen LogP contribution in [-0.2, 0) is 26.5 Å². The van der Waals surface area contributed by atoms with Crippen molar-refractivity contribution in [2.24, 2.45) is 7.05 Å². The third kappa shape index (κ3) is 5.34. The van der Waals surface area contributed by atoms with Crippen LogP contribution in [0.15, 0.2) is 73.1 Å². The van der Waals surface area contributed by atoms with Gasteiger partial charge >= 0.3 is 0 Å². The summed E-state index contributed by atoms with van der Waals surface area (Å²) in [6.07, 6.45) is 3.29. The average Bonchev–Trinajstić information content (AvgIpc) is 3.22. The molecule has 4 aromatic rings. The molecule has 6 nitrogen and oxygen atoms in total. The molecule has 0 unspecified atom stereocenters. The Bertz CT molecular complexity index is 1190. The maximum Gasteiger partial charge on any atom is 0.203 e. The molecule has 3 aromatic carbocycles. The second-order valence-corrected chi connectivity index (χ2v) is 8.05. The molecule has 0 N–H and O–H groups in total. The van der Waals surface area contributed by atoms with Crippen molar-refractivity contribution < 1.29 is 18.9 Å². The van der Waals surface area contributed by atoms with Crippen LogP contribution in [0, 0.1) is 0 Å². The van der Waals surface area contributed by atoms with Crippen LogP contribution < -0.4 is 18.9 Å². The summed E-state index contributed by atoms with van der Waals surface area (Å²) < 4.78 is 24.8. The Morgan fingerprint density at radius 3 is 2.03 bits per heavy atom. The molecule has 0 spiro atoms. The fraction of sp³-hybridized carbons (Fsp3) is 0.250. The van der Waals surface area contributed by atoms with Crippen LogP contribution in [0.25, 0.3) is 0 Å². The van der Waals surface area contributed by atoms with E-state index in [9.17, 15) is 0 Å². The third-order valence-corrected chi connectivity index (χ3v) is 5.79. The fourth-order valence-corrected chi connectivity index (χ4v) is 3.92. The highest BCUT2D eigenvalue weighted by molar-refractivity contribution is 5.54. The summed E-state index contributed by atoms with van der Waals surface area (Å²) in [5, 5.41) is 0. The summed E-state index contributed by atoms with van der Waals surface area (Å²) in [6.45, 7) is 0.431. The lowest BCUT2D eigenvalue weighted by molar-refractivity contribution is 0.265.